The molecule has 0 saturated heterocycles. The van der Waals surface area contributed by atoms with Crippen molar-refractivity contribution in [1.29, 1.82) is 0 Å². The van der Waals surface area contributed by atoms with Crippen LogP contribution in [-0.2, 0) is 11.2 Å². The first-order valence-electron chi connectivity index (χ1n) is 6.24. The number of hydrogen-bond donors (Lipinski definition) is 0. The van der Waals surface area contributed by atoms with E-state index in [1.54, 1.807) is 4.90 Å². The summed E-state index contributed by atoms with van der Waals surface area (Å²) in [6.45, 7) is 8.42. The van der Waals surface area contributed by atoms with Crippen molar-refractivity contribution in [2.75, 3.05) is 11.4 Å². The van der Waals surface area contributed by atoms with E-state index < -0.39 is 0 Å². The highest BCUT2D eigenvalue weighted by atomic mass is 16.5. The van der Waals surface area contributed by atoms with Gasteiger partial charge in [0.05, 0.1) is 0 Å². The highest BCUT2D eigenvalue weighted by molar-refractivity contribution is 5.92. The predicted octanol–water partition coefficient (Wildman–Crippen LogP) is 2.42. The van der Waals surface area contributed by atoms with Gasteiger partial charge in [0.25, 0.3) is 0 Å². The highest BCUT2D eigenvalue weighted by Crippen LogP contribution is 2.15. The van der Waals surface area contributed by atoms with Gasteiger partial charge < -0.3 is 4.52 Å². The first-order chi connectivity index (χ1) is 8.10. The molecule has 0 aliphatic heterocycles. The quantitative estimate of drug-likeness (QED) is 0.765. The summed E-state index contributed by atoms with van der Waals surface area (Å²) in [5.74, 6) is 0.603. The van der Waals surface area contributed by atoms with Gasteiger partial charge in [-0.25, -0.2) is 0 Å². The number of anilines is 1. The minimum Gasteiger partial charge on any atom is -0.315 e. The largest absolute Gasteiger partial charge is 0.330 e. The standard InChI is InChI=1S/C12H21N3O2/c1-5-7-8-15(11(16)9(3)4)12-13-10(6-2)14-17-12/h9H,5-8H2,1-4H3. The highest BCUT2D eigenvalue weighted by Gasteiger charge is 2.23. The van der Waals surface area contributed by atoms with Crippen LogP contribution in [0.4, 0.5) is 6.01 Å². The molecule has 0 aliphatic carbocycles. The van der Waals surface area contributed by atoms with Crippen molar-refractivity contribution in [3.63, 3.8) is 0 Å². The Hall–Kier alpha value is -1.39. The number of carbonyl (C=O) groups excluding carboxylic acids is 1. The number of hydrogen-bond acceptors (Lipinski definition) is 4. The first kappa shape index (κ1) is 13.7. The molecule has 0 bridgehead atoms. The Bertz CT molecular complexity index is 360. The van der Waals surface area contributed by atoms with Gasteiger partial charge in [-0.15, -0.1) is 0 Å². The molecule has 1 heterocycles. The van der Waals surface area contributed by atoms with Gasteiger partial charge in [-0.1, -0.05) is 39.3 Å². The Morgan fingerprint density at radius 1 is 1.41 bits per heavy atom. The fourth-order valence-electron chi connectivity index (χ4n) is 1.43. The summed E-state index contributed by atoms with van der Waals surface area (Å²) in [5.41, 5.74) is 0. The Labute approximate surface area is 102 Å². The van der Waals surface area contributed by atoms with Crippen molar-refractivity contribution in [3.05, 3.63) is 5.82 Å². The SMILES string of the molecule is CCCCN(C(=O)C(C)C)c1nc(CC)no1. The summed E-state index contributed by atoms with van der Waals surface area (Å²) in [4.78, 5) is 17.9. The molecule has 1 aromatic rings. The molecular formula is C12H21N3O2. The molecule has 0 aliphatic rings. The zero-order valence-electron chi connectivity index (χ0n) is 11.1. The second-order valence-electron chi connectivity index (χ2n) is 4.34. The van der Waals surface area contributed by atoms with E-state index in [4.69, 9.17) is 4.52 Å². The molecule has 5 heteroatoms. The maximum absolute atomic E-state index is 12.0. The number of carbonyl (C=O) groups is 1. The van der Waals surface area contributed by atoms with E-state index in [1.165, 1.54) is 0 Å². The van der Waals surface area contributed by atoms with Crippen LogP contribution in [0.15, 0.2) is 4.52 Å². The van der Waals surface area contributed by atoms with Gasteiger partial charge in [-0.05, 0) is 6.42 Å². The van der Waals surface area contributed by atoms with E-state index in [-0.39, 0.29) is 11.8 Å². The topological polar surface area (TPSA) is 59.2 Å². The zero-order valence-corrected chi connectivity index (χ0v) is 11.1. The van der Waals surface area contributed by atoms with E-state index in [2.05, 4.69) is 17.1 Å². The Balaban J connectivity index is 2.85. The van der Waals surface area contributed by atoms with Crippen LogP contribution in [0.3, 0.4) is 0 Å². The fraction of sp³-hybridized carbons (Fsp3) is 0.750. The third-order valence-corrected chi connectivity index (χ3v) is 2.50. The number of aromatic nitrogens is 2. The van der Waals surface area contributed by atoms with Crippen molar-refractivity contribution in [2.24, 2.45) is 5.92 Å². The molecule has 0 spiro atoms. The van der Waals surface area contributed by atoms with E-state index in [1.807, 2.05) is 20.8 Å². The molecule has 1 aromatic heterocycles. The van der Waals surface area contributed by atoms with Gasteiger partial charge in [0.1, 0.15) is 0 Å². The van der Waals surface area contributed by atoms with Crippen LogP contribution < -0.4 is 4.90 Å². The van der Waals surface area contributed by atoms with Crippen molar-refractivity contribution in [2.45, 2.75) is 47.0 Å². The molecule has 0 unspecified atom stereocenters. The van der Waals surface area contributed by atoms with Gasteiger partial charge in [0.2, 0.25) is 5.91 Å². The van der Waals surface area contributed by atoms with Crippen molar-refractivity contribution >= 4 is 11.9 Å². The van der Waals surface area contributed by atoms with Crippen molar-refractivity contribution in [3.8, 4) is 0 Å². The van der Waals surface area contributed by atoms with Gasteiger partial charge in [-0.3, -0.25) is 9.69 Å². The third-order valence-electron chi connectivity index (χ3n) is 2.50. The monoisotopic (exact) mass is 239 g/mol. The molecule has 96 valence electrons. The van der Waals surface area contributed by atoms with Gasteiger partial charge in [0, 0.05) is 18.9 Å². The van der Waals surface area contributed by atoms with Crippen LogP contribution in [0.1, 0.15) is 46.4 Å². The van der Waals surface area contributed by atoms with Crippen LogP contribution in [0, 0.1) is 5.92 Å². The average Bonchev–Trinajstić information content (AvgIpc) is 2.77. The molecule has 1 amide bonds. The van der Waals surface area contributed by atoms with Crippen LogP contribution in [0.5, 0.6) is 0 Å². The number of aryl methyl sites for hydroxylation is 1. The first-order valence-corrected chi connectivity index (χ1v) is 6.24. The lowest BCUT2D eigenvalue weighted by Crippen LogP contribution is -2.35. The average molecular weight is 239 g/mol. The second kappa shape index (κ2) is 6.37. The molecule has 0 radical (unpaired) electrons. The zero-order chi connectivity index (χ0) is 12.8. The third kappa shape index (κ3) is 3.54. The molecule has 5 nitrogen and oxygen atoms in total. The van der Waals surface area contributed by atoms with E-state index in [9.17, 15) is 4.79 Å². The predicted molar refractivity (Wildman–Crippen MR) is 65.8 cm³/mol. The molecule has 0 aromatic carbocycles. The van der Waals surface area contributed by atoms with E-state index >= 15 is 0 Å². The van der Waals surface area contributed by atoms with Crippen molar-refractivity contribution in [1.82, 2.24) is 10.1 Å². The van der Waals surface area contributed by atoms with Crippen LogP contribution in [-0.4, -0.2) is 22.6 Å². The lowest BCUT2D eigenvalue weighted by atomic mass is 10.2. The summed E-state index contributed by atoms with van der Waals surface area (Å²) >= 11 is 0. The molecule has 0 saturated carbocycles. The molecule has 1 rings (SSSR count). The smallest absolute Gasteiger partial charge is 0.315 e. The van der Waals surface area contributed by atoms with E-state index in [0.717, 1.165) is 12.8 Å². The Kier molecular flexibility index (Phi) is 5.12. The summed E-state index contributed by atoms with van der Waals surface area (Å²) in [7, 11) is 0. The Morgan fingerprint density at radius 2 is 2.12 bits per heavy atom. The number of unbranched alkanes of at least 4 members (excludes halogenated alkanes) is 1. The van der Waals surface area contributed by atoms with Gasteiger partial charge in [0.15, 0.2) is 5.82 Å². The van der Waals surface area contributed by atoms with Gasteiger partial charge >= 0.3 is 6.01 Å². The fourth-order valence-corrected chi connectivity index (χ4v) is 1.43. The summed E-state index contributed by atoms with van der Waals surface area (Å²) < 4.78 is 5.13. The molecule has 0 fully saturated rings. The molecular weight excluding hydrogens is 218 g/mol. The molecule has 0 N–H and O–H groups in total. The number of rotatable bonds is 6. The lowest BCUT2D eigenvalue weighted by molar-refractivity contribution is -0.121. The summed E-state index contributed by atoms with van der Waals surface area (Å²) in [6, 6.07) is 0.328. The number of nitrogens with zero attached hydrogens (tertiary/aromatic N) is 3. The molecule has 17 heavy (non-hydrogen) atoms. The van der Waals surface area contributed by atoms with Crippen LogP contribution in [0.2, 0.25) is 0 Å². The normalized spacial score (nSPS) is 10.9. The minimum atomic E-state index is -0.0659. The maximum Gasteiger partial charge on any atom is 0.330 e. The minimum absolute atomic E-state index is 0.0322. The van der Waals surface area contributed by atoms with E-state index in [0.29, 0.717) is 24.8 Å². The summed E-state index contributed by atoms with van der Waals surface area (Å²) in [6.07, 6.45) is 2.67. The van der Waals surface area contributed by atoms with Crippen molar-refractivity contribution < 1.29 is 9.32 Å². The lowest BCUT2D eigenvalue weighted by Gasteiger charge is -2.19. The Morgan fingerprint density at radius 3 is 2.59 bits per heavy atom. The summed E-state index contributed by atoms with van der Waals surface area (Å²) in [5, 5.41) is 3.83. The van der Waals surface area contributed by atoms with Crippen LogP contribution >= 0.6 is 0 Å². The van der Waals surface area contributed by atoms with Gasteiger partial charge in [-0.2, -0.15) is 4.98 Å². The molecule has 0 atom stereocenters. The number of amides is 1. The second-order valence-corrected chi connectivity index (χ2v) is 4.34. The maximum atomic E-state index is 12.0. The van der Waals surface area contributed by atoms with Crippen LogP contribution in [0.25, 0.3) is 0 Å².